The Bertz CT molecular complexity index is 891. The van der Waals surface area contributed by atoms with Gasteiger partial charge in [-0.05, 0) is 44.9 Å². The largest absolute Gasteiger partial charge is 0.488 e. The van der Waals surface area contributed by atoms with Gasteiger partial charge in [0.05, 0.1) is 29.8 Å². The lowest BCUT2D eigenvalue weighted by molar-refractivity contribution is 0.0529. The van der Waals surface area contributed by atoms with E-state index in [-0.39, 0.29) is 11.7 Å². The van der Waals surface area contributed by atoms with Crippen molar-refractivity contribution in [1.29, 1.82) is 0 Å². The van der Waals surface area contributed by atoms with E-state index in [0.29, 0.717) is 0 Å². The molecule has 3 heterocycles. The molecule has 0 bridgehead atoms. The number of fused-ring (bicyclic) bond motifs is 1. The molecular formula is C20H22N4O2. The highest BCUT2D eigenvalue weighted by Gasteiger charge is 2.40. The third-order valence-electron chi connectivity index (χ3n) is 5.23. The van der Waals surface area contributed by atoms with E-state index < -0.39 is 0 Å². The molecule has 2 aromatic rings. The maximum atomic E-state index is 6.09. The molecule has 1 aromatic heterocycles. The van der Waals surface area contributed by atoms with Crippen LogP contribution >= 0.6 is 0 Å². The second-order valence-electron chi connectivity index (χ2n) is 7.58. The van der Waals surface area contributed by atoms with E-state index in [1.165, 1.54) is 0 Å². The normalized spacial score (nSPS) is 22.9. The molecular weight excluding hydrogens is 328 g/mol. The first-order chi connectivity index (χ1) is 12.6. The topological polar surface area (TPSA) is 59.8 Å². The van der Waals surface area contributed by atoms with E-state index in [9.17, 15) is 0 Å². The lowest BCUT2D eigenvalue weighted by Gasteiger charge is -2.32. The molecule has 6 nitrogen and oxygen atoms in total. The number of ether oxygens (including phenoxy) is 2. The van der Waals surface area contributed by atoms with Crippen LogP contribution in [0.2, 0.25) is 0 Å². The lowest BCUT2D eigenvalue weighted by atomic mass is 9.98. The summed E-state index contributed by atoms with van der Waals surface area (Å²) in [5.41, 5.74) is 3.89. The summed E-state index contributed by atoms with van der Waals surface area (Å²) >= 11 is 0. The first kappa shape index (κ1) is 15.8. The SMILES string of the molecule is CC1CN(c2cc(C3=Nc4ccc(OC5(C)CC5)cc43)ncn2)CCO1. The number of hydrogen-bond donors (Lipinski definition) is 0. The quantitative estimate of drug-likeness (QED) is 0.723. The number of rotatable bonds is 4. The van der Waals surface area contributed by atoms with Crippen molar-refractivity contribution >= 4 is 17.2 Å². The summed E-state index contributed by atoms with van der Waals surface area (Å²) in [5.74, 6) is 1.84. The minimum atomic E-state index is 0.0183. The molecule has 0 N–H and O–H groups in total. The average molecular weight is 350 g/mol. The highest BCUT2D eigenvalue weighted by atomic mass is 16.5. The van der Waals surface area contributed by atoms with E-state index in [1.54, 1.807) is 6.33 Å². The van der Waals surface area contributed by atoms with E-state index in [2.05, 4.69) is 39.8 Å². The summed E-state index contributed by atoms with van der Waals surface area (Å²) in [6.45, 7) is 6.66. The van der Waals surface area contributed by atoms with Crippen LogP contribution in [0, 0.1) is 0 Å². The van der Waals surface area contributed by atoms with Crippen LogP contribution in [0.3, 0.4) is 0 Å². The van der Waals surface area contributed by atoms with Crippen LogP contribution in [-0.2, 0) is 4.74 Å². The second kappa shape index (κ2) is 5.77. The van der Waals surface area contributed by atoms with Gasteiger partial charge in [0.15, 0.2) is 0 Å². The highest BCUT2D eigenvalue weighted by molar-refractivity contribution is 6.21. The van der Waals surface area contributed by atoms with Crippen molar-refractivity contribution in [1.82, 2.24) is 9.97 Å². The van der Waals surface area contributed by atoms with Crippen LogP contribution in [-0.4, -0.2) is 47.1 Å². The molecule has 134 valence electrons. The Morgan fingerprint density at radius 2 is 2.12 bits per heavy atom. The minimum absolute atomic E-state index is 0.0183. The molecule has 6 heteroatoms. The summed E-state index contributed by atoms with van der Waals surface area (Å²) in [6.07, 6.45) is 4.08. The Morgan fingerprint density at radius 3 is 2.92 bits per heavy atom. The highest BCUT2D eigenvalue weighted by Crippen LogP contribution is 2.42. The first-order valence-electron chi connectivity index (χ1n) is 9.21. The van der Waals surface area contributed by atoms with Gasteiger partial charge in [-0.1, -0.05) is 0 Å². The van der Waals surface area contributed by atoms with Crippen LogP contribution in [0.25, 0.3) is 0 Å². The van der Waals surface area contributed by atoms with E-state index in [0.717, 1.165) is 66.8 Å². The molecule has 5 rings (SSSR count). The number of morpholine rings is 1. The van der Waals surface area contributed by atoms with Crippen molar-refractivity contribution in [2.24, 2.45) is 4.99 Å². The summed E-state index contributed by atoms with van der Waals surface area (Å²) < 4.78 is 11.7. The first-order valence-corrected chi connectivity index (χ1v) is 9.21. The van der Waals surface area contributed by atoms with Gasteiger partial charge in [0.2, 0.25) is 0 Å². The van der Waals surface area contributed by atoms with Crippen LogP contribution in [0.15, 0.2) is 35.6 Å². The Kier molecular flexibility index (Phi) is 3.50. The minimum Gasteiger partial charge on any atom is -0.488 e. The number of benzene rings is 1. The van der Waals surface area contributed by atoms with Crippen molar-refractivity contribution in [3.05, 3.63) is 41.9 Å². The molecule has 0 radical (unpaired) electrons. The van der Waals surface area contributed by atoms with E-state index >= 15 is 0 Å². The van der Waals surface area contributed by atoms with Crippen molar-refractivity contribution < 1.29 is 9.47 Å². The molecule has 26 heavy (non-hydrogen) atoms. The predicted octanol–water partition coefficient (Wildman–Crippen LogP) is 3.12. The number of aromatic nitrogens is 2. The number of nitrogens with zero attached hydrogens (tertiary/aromatic N) is 4. The Balaban J connectivity index is 1.39. The molecule has 1 unspecified atom stereocenters. The summed E-state index contributed by atoms with van der Waals surface area (Å²) in [6, 6.07) is 8.13. The zero-order chi connectivity index (χ0) is 17.7. The molecule has 1 atom stereocenters. The average Bonchev–Trinajstić information content (AvgIpc) is 3.35. The molecule has 1 aromatic carbocycles. The number of aliphatic imine (C=N–C) groups is 1. The number of anilines is 1. The third kappa shape index (κ3) is 2.84. The van der Waals surface area contributed by atoms with Gasteiger partial charge in [-0.25, -0.2) is 15.0 Å². The van der Waals surface area contributed by atoms with Gasteiger partial charge in [0.25, 0.3) is 0 Å². The van der Waals surface area contributed by atoms with Gasteiger partial charge in [-0.15, -0.1) is 0 Å². The van der Waals surface area contributed by atoms with Gasteiger partial charge in [-0.2, -0.15) is 0 Å². The fraction of sp³-hybridized carbons (Fsp3) is 0.450. The van der Waals surface area contributed by atoms with Crippen molar-refractivity contribution in [3.63, 3.8) is 0 Å². The van der Waals surface area contributed by atoms with Crippen LogP contribution in [0.1, 0.15) is 37.9 Å². The molecule has 0 amide bonds. The monoisotopic (exact) mass is 350 g/mol. The van der Waals surface area contributed by atoms with Crippen molar-refractivity contribution in [3.8, 4) is 5.75 Å². The summed E-state index contributed by atoms with van der Waals surface area (Å²) in [4.78, 5) is 15.8. The summed E-state index contributed by atoms with van der Waals surface area (Å²) in [5, 5.41) is 0. The second-order valence-corrected chi connectivity index (χ2v) is 7.58. The zero-order valence-electron chi connectivity index (χ0n) is 15.1. The van der Waals surface area contributed by atoms with Gasteiger partial charge >= 0.3 is 0 Å². The maximum absolute atomic E-state index is 6.09. The summed E-state index contributed by atoms with van der Waals surface area (Å²) in [7, 11) is 0. The molecule has 0 spiro atoms. The Morgan fingerprint density at radius 1 is 1.23 bits per heavy atom. The predicted molar refractivity (Wildman–Crippen MR) is 99.7 cm³/mol. The Hall–Kier alpha value is -2.47. The van der Waals surface area contributed by atoms with Crippen molar-refractivity contribution in [2.45, 2.75) is 38.4 Å². The molecule has 2 fully saturated rings. The molecule has 1 saturated heterocycles. The lowest BCUT2D eigenvalue weighted by Crippen LogP contribution is -2.41. The van der Waals surface area contributed by atoms with Gasteiger partial charge in [0, 0.05) is 24.7 Å². The van der Waals surface area contributed by atoms with Crippen LogP contribution in [0.4, 0.5) is 11.5 Å². The number of hydrogen-bond acceptors (Lipinski definition) is 6. The zero-order valence-corrected chi connectivity index (χ0v) is 15.1. The smallest absolute Gasteiger partial charge is 0.132 e. The molecule has 1 aliphatic carbocycles. The third-order valence-corrected chi connectivity index (χ3v) is 5.23. The van der Waals surface area contributed by atoms with Crippen LogP contribution < -0.4 is 9.64 Å². The molecule has 1 saturated carbocycles. The fourth-order valence-corrected chi connectivity index (χ4v) is 3.43. The van der Waals surface area contributed by atoms with Crippen molar-refractivity contribution in [2.75, 3.05) is 24.6 Å². The van der Waals surface area contributed by atoms with E-state index in [1.807, 2.05) is 18.2 Å². The van der Waals surface area contributed by atoms with Crippen LogP contribution in [0.5, 0.6) is 5.75 Å². The maximum Gasteiger partial charge on any atom is 0.132 e. The van der Waals surface area contributed by atoms with Gasteiger partial charge in [-0.3, -0.25) is 0 Å². The molecule has 3 aliphatic rings. The van der Waals surface area contributed by atoms with E-state index in [4.69, 9.17) is 9.47 Å². The van der Waals surface area contributed by atoms with Gasteiger partial charge in [0.1, 0.15) is 23.5 Å². The fourth-order valence-electron chi connectivity index (χ4n) is 3.43. The standard InChI is InChI=1S/C20H22N4O2/c1-13-11-24(7-8-25-13)18-10-17(21-12-22-18)19-15-9-14(3-4-16(15)23-19)26-20(2)5-6-20/h3-4,9-10,12-13H,5-8,11H2,1-2H3. The van der Waals surface area contributed by atoms with Gasteiger partial charge < -0.3 is 14.4 Å². The molecule has 2 aliphatic heterocycles. The Labute approximate surface area is 152 Å².